The standard InChI is InChI=1S/C32H39N5O4/c1-6-31(38)34-28-21-25(30(40-5)22-29(28)36(4)14-13-35(2)3)20-26-19-24(11-12-33-26)32(39)23-7-9-27(10-8-23)37-15-17-41-18-16-37/h6-12,19,21-22H,1,13-18,20H2,2-5H3,(H,34,38). The largest absolute Gasteiger partial charge is 0.496 e. The summed E-state index contributed by atoms with van der Waals surface area (Å²) in [7, 11) is 7.64. The van der Waals surface area contributed by atoms with Gasteiger partial charge in [-0.2, -0.15) is 0 Å². The van der Waals surface area contributed by atoms with Crippen LogP contribution in [0.5, 0.6) is 5.75 Å². The van der Waals surface area contributed by atoms with Crippen molar-refractivity contribution >= 4 is 28.8 Å². The van der Waals surface area contributed by atoms with Crippen LogP contribution in [0.4, 0.5) is 17.1 Å². The van der Waals surface area contributed by atoms with Crippen molar-refractivity contribution in [3.8, 4) is 5.75 Å². The van der Waals surface area contributed by atoms with E-state index in [0.29, 0.717) is 47.9 Å². The third-order valence-corrected chi connectivity index (χ3v) is 7.09. The normalized spacial score (nSPS) is 13.1. The molecule has 9 nitrogen and oxygen atoms in total. The summed E-state index contributed by atoms with van der Waals surface area (Å²) in [6.07, 6.45) is 3.32. The summed E-state index contributed by atoms with van der Waals surface area (Å²) in [4.78, 5) is 36.6. The highest BCUT2D eigenvalue weighted by atomic mass is 16.5. The number of anilines is 3. The van der Waals surface area contributed by atoms with Gasteiger partial charge < -0.3 is 29.5 Å². The molecule has 0 unspecified atom stereocenters. The second kappa shape index (κ2) is 13.9. The van der Waals surface area contributed by atoms with Gasteiger partial charge in [0.1, 0.15) is 5.75 Å². The molecule has 4 rings (SSSR count). The first-order valence-electron chi connectivity index (χ1n) is 13.7. The molecule has 1 aliphatic rings. The first-order valence-corrected chi connectivity index (χ1v) is 13.7. The number of methoxy groups -OCH3 is 1. The molecule has 0 spiro atoms. The van der Waals surface area contributed by atoms with Crippen molar-refractivity contribution in [2.24, 2.45) is 0 Å². The van der Waals surface area contributed by atoms with Gasteiger partial charge in [-0.15, -0.1) is 0 Å². The summed E-state index contributed by atoms with van der Waals surface area (Å²) in [6, 6.07) is 15.1. The minimum atomic E-state index is -0.297. The fraction of sp³-hybridized carbons (Fsp3) is 0.344. The predicted octanol–water partition coefficient (Wildman–Crippen LogP) is 3.87. The van der Waals surface area contributed by atoms with Gasteiger partial charge in [0, 0.05) is 80.0 Å². The Kier molecular flexibility index (Phi) is 10.1. The molecule has 1 fully saturated rings. The quantitative estimate of drug-likeness (QED) is 0.265. The van der Waals surface area contributed by atoms with Crippen LogP contribution < -0.4 is 19.9 Å². The third kappa shape index (κ3) is 7.71. The zero-order valence-corrected chi connectivity index (χ0v) is 24.4. The van der Waals surface area contributed by atoms with Crippen LogP contribution in [0, 0.1) is 0 Å². The molecular formula is C32H39N5O4. The maximum atomic E-state index is 13.3. The molecule has 216 valence electrons. The zero-order valence-electron chi connectivity index (χ0n) is 24.4. The number of nitrogens with one attached hydrogen (secondary N) is 1. The summed E-state index contributed by atoms with van der Waals surface area (Å²) in [6.45, 7) is 8.30. The van der Waals surface area contributed by atoms with Crippen LogP contribution in [-0.2, 0) is 16.0 Å². The van der Waals surface area contributed by atoms with Crippen LogP contribution in [0.1, 0.15) is 27.2 Å². The monoisotopic (exact) mass is 557 g/mol. The van der Waals surface area contributed by atoms with Crippen LogP contribution in [0.15, 0.2) is 67.4 Å². The average Bonchev–Trinajstić information content (AvgIpc) is 3.00. The van der Waals surface area contributed by atoms with E-state index in [2.05, 4.69) is 31.6 Å². The van der Waals surface area contributed by atoms with E-state index in [9.17, 15) is 9.59 Å². The second-order valence-corrected chi connectivity index (χ2v) is 10.3. The van der Waals surface area contributed by atoms with E-state index in [-0.39, 0.29) is 11.7 Å². The minimum Gasteiger partial charge on any atom is -0.496 e. The lowest BCUT2D eigenvalue weighted by atomic mass is 10.0. The first-order chi connectivity index (χ1) is 19.8. The molecule has 2 aromatic carbocycles. The van der Waals surface area contributed by atoms with Gasteiger partial charge in [0.2, 0.25) is 5.91 Å². The van der Waals surface area contributed by atoms with Crippen LogP contribution in [0.2, 0.25) is 0 Å². The molecule has 0 radical (unpaired) electrons. The Hall–Kier alpha value is -4.21. The summed E-state index contributed by atoms with van der Waals surface area (Å²) < 4.78 is 11.2. The van der Waals surface area contributed by atoms with Crippen molar-refractivity contribution in [2.45, 2.75) is 6.42 Å². The fourth-order valence-corrected chi connectivity index (χ4v) is 4.74. The Balaban J connectivity index is 1.57. The van der Waals surface area contributed by atoms with Gasteiger partial charge in [-0.3, -0.25) is 14.6 Å². The molecule has 1 saturated heterocycles. The van der Waals surface area contributed by atoms with Crippen LogP contribution in [0.25, 0.3) is 0 Å². The molecule has 41 heavy (non-hydrogen) atoms. The number of hydrogen-bond acceptors (Lipinski definition) is 8. The summed E-state index contributed by atoms with van der Waals surface area (Å²) in [5, 5.41) is 2.93. The SMILES string of the molecule is C=CC(=O)Nc1cc(Cc2cc(C(=O)c3ccc(N4CCOCC4)cc3)ccn2)c(OC)cc1N(C)CCN(C)C. The number of ether oxygens (including phenoxy) is 2. The number of likely N-dealkylation sites (N-methyl/N-ethyl adjacent to an activating group) is 2. The molecule has 0 saturated carbocycles. The van der Waals surface area contributed by atoms with Gasteiger partial charge in [0.05, 0.1) is 31.7 Å². The molecule has 1 aromatic heterocycles. The highest BCUT2D eigenvalue weighted by Gasteiger charge is 2.18. The van der Waals surface area contributed by atoms with Crippen molar-refractivity contribution in [2.75, 3.05) is 82.8 Å². The maximum Gasteiger partial charge on any atom is 0.247 e. The number of amides is 1. The summed E-state index contributed by atoms with van der Waals surface area (Å²) in [5.41, 5.74) is 5.31. The van der Waals surface area contributed by atoms with Crippen LogP contribution in [0.3, 0.4) is 0 Å². The van der Waals surface area contributed by atoms with Crippen LogP contribution >= 0.6 is 0 Å². The van der Waals surface area contributed by atoms with Crippen LogP contribution in [-0.4, -0.2) is 89.2 Å². The van der Waals surface area contributed by atoms with Crippen molar-refractivity contribution in [1.82, 2.24) is 9.88 Å². The molecule has 1 aliphatic heterocycles. The van der Waals surface area contributed by atoms with Crippen molar-refractivity contribution in [3.63, 3.8) is 0 Å². The number of carbonyl (C=O) groups is 2. The van der Waals surface area contributed by atoms with E-state index in [1.54, 1.807) is 19.4 Å². The number of carbonyl (C=O) groups excluding carboxylic acids is 2. The number of benzene rings is 2. The Morgan fingerprint density at radius 3 is 2.44 bits per heavy atom. The van der Waals surface area contributed by atoms with E-state index in [4.69, 9.17) is 9.47 Å². The third-order valence-electron chi connectivity index (χ3n) is 7.09. The van der Waals surface area contributed by atoms with Gasteiger partial charge in [0.15, 0.2) is 5.78 Å². The van der Waals surface area contributed by atoms with Gasteiger partial charge >= 0.3 is 0 Å². The number of ketones is 1. The Labute approximate surface area is 242 Å². The number of aromatic nitrogens is 1. The van der Waals surface area contributed by atoms with Gasteiger partial charge in [-0.1, -0.05) is 6.58 Å². The lowest BCUT2D eigenvalue weighted by Gasteiger charge is -2.28. The van der Waals surface area contributed by atoms with Gasteiger partial charge in [-0.05, 0) is 62.6 Å². The second-order valence-electron chi connectivity index (χ2n) is 10.3. The van der Waals surface area contributed by atoms with E-state index in [1.165, 1.54) is 6.08 Å². The summed E-state index contributed by atoms with van der Waals surface area (Å²) in [5.74, 6) is 0.310. The minimum absolute atomic E-state index is 0.0639. The maximum absolute atomic E-state index is 13.3. The molecule has 9 heteroatoms. The highest BCUT2D eigenvalue weighted by Crippen LogP contribution is 2.35. The van der Waals surface area contributed by atoms with E-state index in [0.717, 1.165) is 43.1 Å². The molecule has 1 amide bonds. The van der Waals surface area contributed by atoms with Crippen molar-refractivity contribution < 1.29 is 19.1 Å². The lowest BCUT2D eigenvalue weighted by Crippen LogP contribution is -2.36. The highest BCUT2D eigenvalue weighted by molar-refractivity contribution is 6.09. The van der Waals surface area contributed by atoms with Gasteiger partial charge in [-0.25, -0.2) is 0 Å². The van der Waals surface area contributed by atoms with E-state index in [1.807, 2.05) is 63.6 Å². The molecule has 2 heterocycles. The fourth-order valence-electron chi connectivity index (χ4n) is 4.74. The molecular weight excluding hydrogens is 518 g/mol. The average molecular weight is 558 g/mol. The molecule has 0 aliphatic carbocycles. The number of hydrogen-bond donors (Lipinski definition) is 1. The van der Waals surface area contributed by atoms with E-state index >= 15 is 0 Å². The number of morpholine rings is 1. The predicted molar refractivity (Wildman–Crippen MR) is 164 cm³/mol. The molecule has 0 bridgehead atoms. The zero-order chi connectivity index (χ0) is 29.4. The van der Waals surface area contributed by atoms with Crippen molar-refractivity contribution in [3.05, 3.63) is 89.8 Å². The molecule has 0 atom stereocenters. The van der Waals surface area contributed by atoms with Crippen molar-refractivity contribution in [1.29, 1.82) is 0 Å². The van der Waals surface area contributed by atoms with E-state index < -0.39 is 0 Å². The number of pyridine rings is 1. The lowest BCUT2D eigenvalue weighted by molar-refractivity contribution is -0.111. The topological polar surface area (TPSA) is 87.2 Å². The smallest absolute Gasteiger partial charge is 0.247 e. The number of nitrogens with zero attached hydrogens (tertiary/aromatic N) is 4. The van der Waals surface area contributed by atoms with Gasteiger partial charge in [0.25, 0.3) is 0 Å². The Bertz CT molecular complexity index is 1370. The first kappa shape index (κ1) is 29.8. The number of rotatable bonds is 12. The molecule has 1 N–H and O–H groups in total. The Morgan fingerprint density at radius 1 is 1.05 bits per heavy atom. The summed E-state index contributed by atoms with van der Waals surface area (Å²) >= 11 is 0. The molecule has 3 aromatic rings. The Morgan fingerprint density at radius 2 is 1.78 bits per heavy atom.